The predicted octanol–water partition coefficient (Wildman–Crippen LogP) is -1.51. The third-order valence-corrected chi connectivity index (χ3v) is 3.77. The van der Waals surface area contributed by atoms with Gasteiger partial charge in [0.05, 0.1) is 12.9 Å². The van der Waals surface area contributed by atoms with Crippen LogP contribution in [0.3, 0.4) is 0 Å². The number of imidazole rings is 1. The summed E-state index contributed by atoms with van der Waals surface area (Å²) in [6.07, 6.45) is -3.23. The summed E-state index contributed by atoms with van der Waals surface area (Å²) in [5, 5.41) is 28.9. The highest BCUT2D eigenvalue weighted by molar-refractivity contribution is 9.10. The maximum absolute atomic E-state index is 11.6. The number of hydrogen-bond donors (Lipinski definition) is 4. The van der Waals surface area contributed by atoms with Crippen molar-refractivity contribution in [1.82, 2.24) is 19.5 Å². The van der Waals surface area contributed by atoms with Crippen LogP contribution < -0.4 is 5.56 Å². The summed E-state index contributed by atoms with van der Waals surface area (Å²) in [5.41, 5.74) is -0.145. The van der Waals surface area contributed by atoms with Crippen LogP contribution in [0.15, 0.2) is 15.9 Å². The number of fused-ring (bicyclic) bond motifs is 1. The smallest absolute Gasteiger partial charge is 0.278 e. The van der Waals surface area contributed by atoms with Crippen molar-refractivity contribution in [2.24, 2.45) is 0 Å². The minimum Gasteiger partial charge on any atom is -0.394 e. The molecule has 4 atom stereocenters. The summed E-state index contributed by atoms with van der Waals surface area (Å²) >= 11 is 3.17. The molecule has 3 heterocycles. The Balaban J connectivity index is 2.14. The molecule has 1 aliphatic heterocycles. The highest BCUT2D eigenvalue weighted by atomic mass is 79.9. The first-order valence-electron chi connectivity index (χ1n) is 5.78. The van der Waals surface area contributed by atoms with Gasteiger partial charge in [0, 0.05) is 0 Å². The van der Waals surface area contributed by atoms with Gasteiger partial charge in [0.1, 0.15) is 18.3 Å². The van der Waals surface area contributed by atoms with E-state index >= 15 is 0 Å². The van der Waals surface area contributed by atoms with Gasteiger partial charge in [-0.2, -0.15) is 0 Å². The summed E-state index contributed by atoms with van der Waals surface area (Å²) in [7, 11) is 0. The fourth-order valence-electron chi connectivity index (χ4n) is 2.21. The van der Waals surface area contributed by atoms with Crippen molar-refractivity contribution < 1.29 is 20.1 Å². The summed E-state index contributed by atoms with van der Waals surface area (Å²) in [4.78, 5) is 22.0. The first-order valence-corrected chi connectivity index (χ1v) is 6.57. The first kappa shape index (κ1) is 13.6. The topological polar surface area (TPSA) is 133 Å². The van der Waals surface area contributed by atoms with Crippen LogP contribution in [-0.4, -0.2) is 59.8 Å². The van der Waals surface area contributed by atoms with Gasteiger partial charge in [0.25, 0.3) is 5.56 Å². The number of H-pyrrole nitrogens is 1. The van der Waals surface area contributed by atoms with Crippen molar-refractivity contribution in [3.8, 4) is 0 Å². The lowest BCUT2D eigenvalue weighted by atomic mass is 10.1. The normalized spacial score (nSPS) is 30.2. The second kappa shape index (κ2) is 4.90. The van der Waals surface area contributed by atoms with Crippen LogP contribution in [0.4, 0.5) is 0 Å². The number of nitrogens with one attached hydrogen (secondary N) is 1. The van der Waals surface area contributed by atoms with Gasteiger partial charge in [-0.3, -0.25) is 9.36 Å². The molecule has 0 amide bonds. The van der Waals surface area contributed by atoms with E-state index in [4.69, 9.17) is 9.84 Å². The summed E-state index contributed by atoms with van der Waals surface area (Å²) in [6.45, 7) is -0.438. The molecular weight excluding hydrogens is 336 g/mol. The lowest BCUT2D eigenvalue weighted by molar-refractivity contribution is -0.0521. The fraction of sp³-hybridized carbons (Fsp3) is 0.500. The Hall–Kier alpha value is -1.33. The molecule has 9 nitrogen and oxygen atoms in total. The van der Waals surface area contributed by atoms with Gasteiger partial charge in [-0.1, -0.05) is 0 Å². The molecule has 1 saturated heterocycles. The van der Waals surface area contributed by atoms with Crippen molar-refractivity contribution in [2.75, 3.05) is 6.61 Å². The number of aliphatic hydroxyl groups is 3. The predicted molar refractivity (Wildman–Crippen MR) is 68.9 cm³/mol. The van der Waals surface area contributed by atoms with E-state index in [1.807, 2.05) is 0 Å². The van der Waals surface area contributed by atoms with E-state index in [0.717, 1.165) is 0 Å². The molecule has 0 aliphatic carbocycles. The molecule has 10 heteroatoms. The maximum Gasteiger partial charge on any atom is 0.278 e. The Morgan fingerprint density at radius 3 is 2.85 bits per heavy atom. The molecule has 108 valence electrons. The second-order valence-corrected chi connectivity index (χ2v) is 5.09. The molecule has 20 heavy (non-hydrogen) atoms. The van der Waals surface area contributed by atoms with Crippen molar-refractivity contribution in [3.63, 3.8) is 0 Å². The van der Waals surface area contributed by atoms with E-state index in [1.165, 1.54) is 10.9 Å². The summed E-state index contributed by atoms with van der Waals surface area (Å²) in [5.74, 6) is 0. The van der Waals surface area contributed by atoms with E-state index in [1.54, 1.807) is 0 Å². The molecule has 0 radical (unpaired) electrons. The molecule has 1 fully saturated rings. The summed E-state index contributed by atoms with van der Waals surface area (Å²) < 4.78 is 6.98. The highest BCUT2D eigenvalue weighted by Gasteiger charge is 2.44. The van der Waals surface area contributed by atoms with Gasteiger partial charge in [0.15, 0.2) is 22.1 Å². The lowest BCUT2D eigenvalue weighted by Gasteiger charge is -2.17. The minimum atomic E-state index is -1.28. The Morgan fingerprint density at radius 2 is 2.20 bits per heavy atom. The largest absolute Gasteiger partial charge is 0.394 e. The van der Waals surface area contributed by atoms with E-state index in [-0.39, 0.29) is 15.9 Å². The van der Waals surface area contributed by atoms with Crippen molar-refractivity contribution in [2.45, 2.75) is 24.5 Å². The Morgan fingerprint density at radius 1 is 1.45 bits per heavy atom. The van der Waals surface area contributed by atoms with E-state index in [2.05, 4.69) is 30.9 Å². The van der Waals surface area contributed by atoms with Gasteiger partial charge in [-0.25, -0.2) is 9.97 Å². The molecule has 1 aliphatic rings. The molecule has 2 aromatic heterocycles. The molecular formula is C10H11BrN4O5. The Bertz CT molecular complexity index is 701. The lowest BCUT2D eigenvalue weighted by Crippen LogP contribution is -2.33. The number of nitrogens with zero attached hydrogens (tertiary/aromatic N) is 3. The van der Waals surface area contributed by atoms with Gasteiger partial charge in [0.2, 0.25) is 0 Å². The number of rotatable bonds is 2. The molecule has 0 spiro atoms. The molecule has 0 aromatic carbocycles. The van der Waals surface area contributed by atoms with Crippen molar-refractivity contribution >= 4 is 27.1 Å². The molecule has 4 N–H and O–H groups in total. The van der Waals surface area contributed by atoms with Gasteiger partial charge in [-0.05, 0) is 15.9 Å². The van der Waals surface area contributed by atoms with Gasteiger partial charge in [-0.15, -0.1) is 0 Å². The second-order valence-electron chi connectivity index (χ2n) is 4.38. The number of ether oxygens (including phenoxy) is 1. The average Bonchev–Trinajstić information content (AvgIpc) is 2.90. The maximum atomic E-state index is 11.6. The Labute approximate surface area is 120 Å². The van der Waals surface area contributed by atoms with Crippen molar-refractivity contribution in [1.29, 1.82) is 0 Å². The monoisotopic (exact) mass is 346 g/mol. The molecule has 3 rings (SSSR count). The fourth-order valence-corrected chi connectivity index (χ4v) is 2.76. The number of aliphatic hydroxyl groups excluding tert-OH is 3. The van der Waals surface area contributed by atoms with Crippen LogP contribution >= 0.6 is 15.9 Å². The van der Waals surface area contributed by atoms with E-state index in [0.29, 0.717) is 0 Å². The third kappa shape index (κ3) is 1.88. The zero-order valence-corrected chi connectivity index (χ0v) is 11.6. The minimum absolute atomic E-state index is 0.0807. The average molecular weight is 347 g/mol. The SMILES string of the molecule is O=c1[nH]cnc2c1nc(Br)n2[C@H]1O[C@@H](CO)[C@H](O)[C@H]1O. The zero-order valence-electron chi connectivity index (χ0n) is 9.97. The molecule has 2 aromatic rings. The molecule has 0 unspecified atom stereocenters. The number of hydrogen-bond acceptors (Lipinski definition) is 7. The highest BCUT2D eigenvalue weighted by Crippen LogP contribution is 2.33. The molecule has 0 bridgehead atoms. The van der Waals surface area contributed by atoms with Gasteiger partial charge < -0.3 is 25.0 Å². The van der Waals surface area contributed by atoms with Crippen LogP contribution in [0.5, 0.6) is 0 Å². The van der Waals surface area contributed by atoms with E-state index < -0.39 is 36.7 Å². The standard InChI is InChI=1S/C10H11BrN4O5/c11-10-14-4-7(12-2-13-8(4)19)15(10)9-6(18)5(17)3(1-16)20-9/h2-3,5-6,9,16-18H,1H2,(H,12,13,19)/t3-,5-,6+,9-/m0/s1. The number of halogens is 1. The van der Waals surface area contributed by atoms with Crippen LogP contribution in [0.1, 0.15) is 6.23 Å². The zero-order chi connectivity index (χ0) is 14.4. The number of aromatic amines is 1. The molecule has 0 saturated carbocycles. The van der Waals surface area contributed by atoms with Crippen LogP contribution in [0.25, 0.3) is 11.2 Å². The quantitative estimate of drug-likeness (QED) is 0.486. The number of aromatic nitrogens is 4. The third-order valence-electron chi connectivity index (χ3n) is 3.21. The van der Waals surface area contributed by atoms with Crippen LogP contribution in [0.2, 0.25) is 0 Å². The summed E-state index contributed by atoms with van der Waals surface area (Å²) in [6, 6.07) is 0. The van der Waals surface area contributed by atoms with E-state index in [9.17, 15) is 15.0 Å². The van der Waals surface area contributed by atoms with Gasteiger partial charge >= 0.3 is 0 Å². The van der Waals surface area contributed by atoms with Crippen LogP contribution in [-0.2, 0) is 4.74 Å². The first-order chi connectivity index (χ1) is 9.54. The van der Waals surface area contributed by atoms with Crippen molar-refractivity contribution in [3.05, 3.63) is 21.4 Å². The van der Waals surface area contributed by atoms with Crippen LogP contribution in [0, 0.1) is 0 Å². The Kier molecular flexibility index (Phi) is 3.34.